The fourth-order valence-corrected chi connectivity index (χ4v) is 6.03. The summed E-state index contributed by atoms with van der Waals surface area (Å²) >= 11 is 1.63. The smallest absolute Gasteiger partial charge is 0.356 e. The molecule has 1 aromatic rings. The molecule has 9 heteroatoms. The number of aromatic nitrogens is 1. The molecule has 0 aliphatic carbocycles. The van der Waals surface area contributed by atoms with Crippen molar-refractivity contribution in [3.8, 4) is 0 Å². The number of ether oxygens (including phenoxy) is 1. The van der Waals surface area contributed by atoms with Gasteiger partial charge in [-0.05, 0) is 19.4 Å². The standard InChI is InChI=1S/C22H27N3O5S/c1-4-9-29-22(28)19-20(12(2)18-17(13(3)26)21(27)25(18)19)31-16-10-14(23-11-16)5-6-15-7-8-24-30-15/h4-8,12-14,16-18,23,26H,1,9-11H2,2-3H3/b6-5+/t12-,13-,14-,16+,17-,18-/m1/s1. The summed E-state index contributed by atoms with van der Waals surface area (Å²) in [6.45, 7) is 8.08. The lowest BCUT2D eigenvalue weighted by molar-refractivity contribution is -0.164. The highest BCUT2D eigenvalue weighted by atomic mass is 32.2. The first-order valence-corrected chi connectivity index (χ1v) is 11.3. The van der Waals surface area contributed by atoms with Crippen LogP contribution in [-0.4, -0.2) is 63.6 Å². The minimum Gasteiger partial charge on any atom is -0.457 e. The first-order chi connectivity index (χ1) is 14.9. The van der Waals surface area contributed by atoms with Gasteiger partial charge >= 0.3 is 5.97 Å². The van der Waals surface area contributed by atoms with Crippen molar-refractivity contribution in [3.63, 3.8) is 0 Å². The van der Waals surface area contributed by atoms with Crippen LogP contribution in [0.5, 0.6) is 0 Å². The van der Waals surface area contributed by atoms with Gasteiger partial charge in [0.05, 0.1) is 24.3 Å². The van der Waals surface area contributed by atoms with Gasteiger partial charge in [0.1, 0.15) is 12.3 Å². The van der Waals surface area contributed by atoms with Crippen molar-refractivity contribution in [2.24, 2.45) is 11.8 Å². The van der Waals surface area contributed by atoms with E-state index in [9.17, 15) is 14.7 Å². The molecular formula is C22H27N3O5S. The van der Waals surface area contributed by atoms with Crippen molar-refractivity contribution >= 4 is 29.7 Å². The lowest BCUT2D eigenvalue weighted by Crippen LogP contribution is -2.63. The number of amides is 1. The van der Waals surface area contributed by atoms with Gasteiger partial charge in [-0.3, -0.25) is 4.79 Å². The molecule has 0 saturated carbocycles. The number of hydrogen-bond acceptors (Lipinski definition) is 8. The van der Waals surface area contributed by atoms with Crippen molar-refractivity contribution in [2.75, 3.05) is 13.2 Å². The number of rotatable bonds is 8. The summed E-state index contributed by atoms with van der Waals surface area (Å²) in [7, 11) is 0. The van der Waals surface area contributed by atoms with E-state index >= 15 is 0 Å². The molecule has 1 aromatic heterocycles. The van der Waals surface area contributed by atoms with Gasteiger partial charge in [0.2, 0.25) is 5.91 Å². The first kappa shape index (κ1) is 21.9. The maximum absolute atomic E-state index is 12.8. The van der Waals surface area contributed by atoms with E-state index < -0.39 is 18.0 Å². The highest BCUT2D eigenvalue weighted by Gasteiger charge is 2.60. The van der Waals surface area contributed by atoms with E-state index in [1.54, 1.807) is 30.9 Å². The summed E-state index contributed by atoms with van der Waals surface area (Å²) < 4.78 is 10.4. The SMILES string of the molecule is C=CCOC(=O)C1=C(S[C@@H]2CN[C@H](/C=C/c3ccno3)C2)[C@H](C)[C@@H]2[C@@H]([C@@H](C)O)C(=O)N12. The van der Waals surface area contributed by atoms with Crippen LogP contribution >= 0.6 is 11.8 Å². The Bertz CT molecular complexity index is 910. The van der Waals surface area contributed by atoms with Gasteiger partial charge in [-0.2, -0.15) is 0 Å². The van der Waals surface area contributed by atoms with Crippen LogP contribution in [0.25, 0.3) is 6.08 Å². The van der Waals surface area contributed by atoms with Gasteiger partial charge < -0.3 is 24.6 Å². The van der Waals surface area contributed by atoms with Gasteiger partial charge in [0, 0.05) is 34.7 Å². The van der Waals surface area contributed by atoms with E-state index in [-0.39, 0.29) is 35.8 Å². The third-order valence-electron chi connectivity index (χ3n) is 6.00. The van der Waals surface area contributed by atoms with Gasteiger partial charge in [-0.25, -0.2) is 4.79 Å². The molecule has 4 rings (SSSR count). The van der Waals surface area contributed by atoms with E-state index in [1.165, 1.54) is 11.0 Å². The molecule has 3 aliphatic rings. The summed E-state index contributed by atoms with van der Waals surface area (Å²) in [5.41, 5.74) is 0.326. The average Bonchev–Trinajstić information content (AvgIpc) is 3.45. The predicted molar refractivity (Wildman–Crippen MR) is 116 cm³/mol. The molecule has 31 heavy (non-hydrogen) atoms. The summed E-state index contributed by atoms with van der Waals surface area (Å²) in [4.78, 5) is 27.9. The molecular weight excluding hydrogens is 418 g/mol. The maximum atomic E-state index is 12.8. The lowest BCUT2D eigenvalue weighted by Gasteiger charge is -2.46. The molecule has 0 aromatic carbocycles. The number of aliphatic hydroxyl groups excluding tert-OH is 1. The minimum absolute atomic E-state index is 0.0441. The summed E-state index contributed by atoms with van der Waals surface area (Å²) in [6.07, 6.45) is 7.16. The van der Waals surface area contributed by atoms with Gasteiger partial charge in [0.25, 0.3) is 0 Å². The molecule has 2 fully saturated rings. The lowest BCUT2D eigenvalue weighted by atomic mass is 9.79. The zero-order chi connectivity index (χ0) is 22.1. The van der Waals surface area contributed by atoms with Crippen LogP contribution < -0.4 is 5.32 Å². The number of nitrogens with one attached hydrogen (secondary N) is 1. The number of esters is 1. The summed E-state index contributed by atoms with van der Waals surface area (Å²) in [5.74, 6) is -0.566. The number of hydrogen-bond donors (Lipinski definition) is 2. The molecule has 4 heterocycles. The van der Waals surface area contributed by atoms with E-state index in [0.717, 1.165) is 17.9 Å². The fraction of sp³-hybridized carbons (Fsp3) is 0.500. The molecule has 0 unspecified atom stereocenters. The van der Waals surface area contributed by atoms with Crippen LogP contribution in [-0.2, 0) is 14.3 Å². The molecule has 6 atom stereocenters. The first-order valence-electron chi connectivity index (χ1n) is 10.4. The number of carbonyl (C=O) groups excluding carboxylic acids is 2. The second-order valence-corrected chi connectivity index (χ2v) is 9.46. The molecule has 3 aliphatic heterocycles. The van der Waals surface area contributed by atoms with Crippen molar-refractivity contribution in [1.29, 1.82) is 0 Å². The van der Waals surface area contributed by atoms with E-state index in [2.05, 4.69) is 17.1 Å². The van der Waals surface area contributed by atoms with Gasteiger partial charge in [-0.15, -0.1) is 11.8 Å². The average molecular weight is 446 g/mol. The Kier molecular flexibility index (Phi) is 6.36. The Labute approximate surface area is 185 Å². The topological polar surface area (TPSA) is 105 Å². The summed E-state index contributed by atoms with van der Waals surface area (Å²) in [5, 5.41) is 17.5. The molecule has 0 bridgehead atoms. The number of fused-ring (bicyclic) bond motifs is 1. The third kappa shape index (κ3) is 4.09. The van der Waals surface area contributed by atoms with Crippen molar-refractivity contribution < 1.29 is 24.0 Å². The van der Waals surface area contributed by atoms with E-state index in [1.807, 2.05) is 19.1 Å². The Morgan fingerprint density at radius 3 is 3.06 bits per heavy atom. The maximum Gasteiger partial charge on any atom is 0.356 e. The quantitative estimate of drug-likeness (QED) is 0.355. The normalized spacial score (nSPS) is 31.1. The van der Waals surface area contributed by atoms with Gasteiger partial charge in [0.15, 0.2) is 5.76 Å². The molecule has 166 valence electrons. The zero-order valence-corrected chi connectivity index (χ0v) is 18.4. The monoisotopic (exact) mass is 445 g/mol. The van der Waals surface area contributed by atoms with Crippen molar-refractivity contribution in [3.05, 3.63) is 47.4 Å². The zero-order valence-electron chi connectivity index (χ0n) is 17.6. The molecule has 2 N–H and O–H groups in total. The largest absolute Gasteiger partial charge is 0.457 e. The second-order valence-electron chi connectivity index (χ2n) is 8.12. The minimum atomic E-state index is -0.759. The highest BCUT2D eigenvalue weighted by molar-refractivity contribution is 8.03. The number of β-lactam (4-membered cyclic amide) rings is 1. The van der Waals surface area contributed by atoms with Gasteiger partial charge in [-0.1, -0.05) is 30.8 Å². The molecule has 0 spiro atoms. The summed E-state index contributed by atoms with van der Waals surface area (Å²) in [6, 6.07) is 1.77. The Morgan fingerprint density at radius 1 is 1.58 bits per heavy atom. The van der Waals surface area contributed by atoms with E-state index in [0.29, 0.717) is 11.5 Å². The second kappa shape index (κ2) is 9.02. The third-order valence-corrected chi connectivity index (χ3v) is 7.51. The van der Waals surface area contributed by atoms with Crippen molar-refractivity contribution in [1.82, 2.24) is 15.4 Å². The number of nitrogens with zero attached hydrogens (tertiary/aromatic N) is 2. The molecule has 0 radical (unpaired) electrons. The highest BCUT2D eigenvalue weighted by Crippen LogP contribution is 2.52. The number of thioether (sulfide) groups is 1. The Morgan fingerprint density at radius 2 is 2.39 bits per heavy atom. The van der Waals surface area contributed by atoms with E-state index in [4.69, 9.17) is 9.26 Å². The Hall–Kier alpha value is -2.36. The molecule has 8 nitrogen and oxygen atoms in total. The van der Waals surface area contributed by atoms with Crippen molar-refractivity contribution in [2.45, 2.75) is 43.7 Å². The Balaban J connectivity index is 1.50. The number of carbonyl (C=O) groups is 2. The fourth-order valence-electron chi connectivity index (χ4n) is 4.54. The van der Waals surface area contributed by atoms with Crippen LogP contribution in [0, 0.1) is 11.8 Å². The molecule has 1 amide bonds. The van der Waals surface area contributed by atoms with Crippen LogP contribution in [0.4, 0.5) is 0 Å². The van der Waals surface area contributed by atoms with Crippen LogP contribution in [0.15, 0.2) is 46.1 Å². The molecule has 2 saturated heterocycles. The number of aliphatic hydroxyl groups is 1. The predicted octanol–water partition coefficient (Wildman–Crippen LogP) is 1.95. The van der Waals surface area contributed by atoms with Crippen LogP contribution in [0.3, 0.4) is 0 Å². The van der Waals surface area contributed by atoms with Crippen LogP contribution in [0.2, 0.25) is 0 Å². The van der Waals surface area contributed by atoms with Crippen LogP contribution in [0.1, 0.15) is 26.0 Å².